The molecule has 0 spiro atoms. The Morgan fingerprint density at radius 2 is 2.26 bits per heavy atom. The van der Waals surface area contributed by atoms with E-state index in [1.165, 1.54) is 4.88 Å². The summed E-state index contributed by atoms with van der Waals surface area (Å²) in [5, 5.41) is 5.02. The van der Waals surface area contributed by atoms with Gasteiger partial charge in [-0.3, -0.25) is 9.78 Å². The van der Waals surface area contributed by atoms with E-state index in [2.05, 4.69) is 10.3 Å². The minimum Gasteiger partial charge on any atom is -0.386 e. The number of amides is 1. The number of hydrogen-bond acceptors (Lipinski definition) is 4. The third-order valence-corrected chi connectivity index (χ3v) is 4.22. The normalized spacial score (nSPS) is 11.9. The highest BCUT2D eigenvalue weighted by molar-refractivity contribution is 7.10. The first-order chi connectivity index (χ1) is 9.15. The molecule has 0 radical (unpaired) electrons. The molecule has 5 heteroatoms. The first kappa shape index (κ1) is 13.5. The average molecular weight is 275 g/mol. The molecule has 1 N–H and O–H groups in total. The van der Waals surface area contributed by atoms with Crippen LogP contribution in [0.25, 0.3) is 0 Å². The second-order valence-electron chi connectivity index (χ2n) is 4.28. The average Bonchev–Trinajstić information content (AvgIpc) is 2.99. The molecule has 2 rings (SSSR count). The van der Waals surface area contributed by atoms with Crippen LogP contribution in [-0.2, 0) is 0 Å². The van der Waals surface area contributed by atoms with Crippen molar-refractivity contribution in [3.63, 3.8) is 0 Å². The van der Waals surface area contributed by atoms with Crippen molar-refractivity contribution < 1.29 is 4.79 Å². The van der Waals surface area contributed by atoms with E-state index >= 15 is 0 Å². The lowest BCUT2D eigenvalue weighted by Crippen LogP contribution is -2.29. The molecule has 1 atom stereocenters. The van der Waals surface area contributed by atoms with Gasteiger partial charge in [0.25, 0.3) is 5.91 Å². The Hall–Kier alpha value is -1.88. The largest absolute Gasteiger partial charge is 0.386 e. The van der Waals surface area contributed by atoms with Crippen LogP contribution < -0.4 is 5.32 Å². The van der Waals surface area contributed by atoms with E-state index < -0.39 is 0 Å². The summed E-state index contributed by atoms with van der Waals surface area (Å²) in [6, 6.07) is 5.85. The van der Waals surface area contributed by atoms with Crippen LogP contribution >= 0.6 is 11.3 Å². The number of rotatable bonds is 4. The van der Waals surface area contributed by atoms with Crippen LogP contribution in [0.3, 0.4) is 0 Å². The maximum Gasteiger partial charge on any atom is 0.256 e. The zero-order valence-electron chi connectivity index (χ0n) is 11.3. The summed E-state index contributed by atoms with van der Waals surface area (Å²) >= 11 is 1.66. The maximum absolute atomic E-state index is 12.5. The van der Waals surface area contributed by atoms with Gasteiger partial charge in [-0.1, -0.05) is 6.07 Å². The van der Waals surface area contributed by atoms with Gasteiger partial charge in [0.1, 0.15) is 0 Å². The molecular weight excluding hydrogens is 258 g/mol. The molecular formula is C14H17N3OS. The molecule has 2 heterocycles. The number of nitrogens with one attached hydrogen (secondary N) is 1. The highest BCUT2D eigenvalue weighted by atomic mass is 32.1. The molecule has 0 saturated heterocycles. The fourth-order valence-electron chi connectivity index (χ4n) is 1.87. The van der Waals surface area contributed by atoms with Gasteiger partial charge in [0.05, 0.1) is 23.5 Å². The lowest BCUT2D eigenvalue weighted by atomic mass is 10.1. The van der Waals surface area contributed by atoms with Crippen LogP contribution in [0.2, 0.25) is 0 Å². The molecule has 4 nitrogen and oxygen atoms in total. The van der Waals surface area contributed by atoms with Gasteiger partial charge in [0.2, 0.25) is 0 Å². The number of thiophene rings is 1. The van der Waals surface area contributed by atoms with E-state index in [1.54, 1.807) is 41.7 Å². The van der Waals surface area contributed by atoms with Crippen molar-refractivity contribution in [3.8, 4) is 0 Å². The van der Waals surface area contributed by atoms with Gasteiger partial charge in [-0.15, -0.1) is 11.3 Å². The smallest absolute Gasteiger partial charge is 0.256 e. The minimum absolute atomic E-state index is 0.00681. The van der Waals surface area contributed by atoms with Gasteiger partial charge in [-0.2, -0.15) is 0 Å². The fourth-order valence-corrected chi connectivity index (χ4v) is 2.69. The Morgan fingerprint density at radius 3 is 2.89 bits per heavy atom. The molecule has 1 amide bonds. The number of nitrogens with zero attached hydrogens (tertiary/aromatic N) is 2. The topological polar surface area (TPSA) is 45.2 Å². The van der Waals surface area contributed by atoms with Gasteiger partial charge < -0.3 is 10.2 Å². The molecule has 2 aromatic rings. The third-order valence-electron chi connectivity index (χ3n) is 3.18. The molecule has 1 unspecified atom stereocenters. The number of hydrogen-bond donors (Lipinski definition) is 1. The first-order valence-corrected chi connectivity index (χ1v) is 6.95. The van der Waals surface area contributed by atoms with Gasteiger partial charge in [-0.05, 0) is 24.4 Å². The highest BCUT2D eigenvalue weighted by Gasteiger charge is 2.21. The molecule has 0 saturated carbocycles. The van der Waals surface area contributed by atoms with E-state index in [1.807, 2.05) is 31.5 Å². The predicted molar refractivity (Wildman–Crippen MR) is 78.6 cm³/mol. The summed E-state index contributed by atoms with van der Waals surface area (Å²) in [5.74, 6) is -0.00681. The predicted octanol–water partition coefficient (Wildman–Crippen LogP) is 3.02. The first-order valence-electron chi connectivity index (χ1n) is 6.07. The molecule has 0 bridgehead atoms. The van der Waals surface area contributed by atoms with E-state index in [4.69, 9.17) is 0 Å². The van der Waals surface area contributed by atoms with Crippen molar-refractivity contribution in [2.24, 2.45) is 0 Å². The Bertz CT molecular complexity index is 554. The summed E-state index contributed by atoms with van der Waals surface area (Å²) in [4.78, 5) is 19.5. The van der Waals surface area contributed by atoms with Crippen molar-refractivity contribution in [1.29, 1.82) is 0 Å². The minimum atomic E-state index is -0.00681. The maximum atomic E-state index is 12.5. The van der Waals surface area contributed by atoms with Crippen molar-refractivity contribution in [2.75, 3.05) is 19.4 Å². The number of carbonyl (C=O) groups is 1. The molecule has 0 aliphatic carbocycles. The molecule has 100 valence electrons. The van der Waals surface area contributed by atoms with E-state index in [0.717, 1.165) is 5.69 Å². The summed E-state index contributed by atoms with van der Waals surface area (Å²) in [5.41, 5.74) is 1.39. The quantitative estimate of drug-likeness (QED) is 0.933. The Labute approximate surface area is 117 Å². The van der Waals surface area contributed by atoms with Crippen LogP contribution in [0.4, 0.5) is 5.69 Å². The SMILES string of the molecule is CNc1cnccc1C(=O)N(C)C(C)c1cccs1. The van der Waals surface area contributed by atoms with Gasteiger partial charge in [0.15, 0.2) is 0 Å². The summed E-state index contributed by atoms with van der Waals surface area (Å²) in [7, 11) is 3.61. The number of aromatic nitrogens is 1. The number of carbonyl (C=O) groups excluding carboxylic acids is 1. The Balaban J connectivity index is 2.24. The lowest BCUT2D eigenvalue weighted by molar-refractivity contribution is 0.0746. The third kappa shape index (κ3) is 2.76. The van der Waals surface area contributed by atoms with E-state index in [0.29, 0.717) is 5.56 Å². The van der Waals surface area contributed by atoms with Crippen molar-refractivity contribution in [3.05, 3.63) is 46.4 Å². The molecule has 0 aromatic carbocycles. The van der Waals surface area contributed by atoms with Crippen LogP contribution in [0.1, 0.15) is 28.2 Å². The molecule has 19 heavy (non-hydrogen) atoms. The lowest BCUT2D eigenvalue weighted by Gasteiger charge is -2.25. The van der Waals surface area contributed by atoms with Gasteiger partial charge in [0, 0.05) is 25.2 Å². The van der Waals surface area contributed by atoms with Crippen molar-refractivity contribution >= 4 is 22.9 Å². The summed E-state index contributed by atoms with van der Waals surface area (Å²) in [6.45, 7) is 2.03. The zero-order valence-corrected chi connectivity index (χ0v) is 12.1. The van der Waals surface area contributed by atoms with Crippen LogP contribution in [0.15, 0.2) is 36.0 Å². The summed E-state index contributed by atoms with van der Waals surface area (Å²) in [6.07, 6.45) is 3.30. The molecule has 2 aromatic heterocycles. The Kier molecular flexibility index (Phi) is 4.16. The number of pyridine rings is 1. The molecule has 0 fully saturated rings. The molecule has 0 aliphatic rings. The van der Waals surface area contributed by atoms with E-state index in [-0.39, 0.29) is 11.9 Å². The standard InChI is InChI=1S/C14H17N3OS/c1-10(13-5-4-8-19-13)17(3)14(18)11-6-7-16-9-12(11)15-2/h4-10,15H,1-3H3. The van der Waals surface area contributed by atoms with Gasteiger partial charge >= 0.3 is 0 Å². The van der Waals surface area contributed by atoms with Crippen LogP contribution in [0, 0.1) is 0 Å². The second-order valence-corrected chi connectivity index (χ2v) is 5.26. The zero-order chi connectivity index (χ0) is 13.8. The summed E-state index contributed by atoms with van der Waals surface area (Å²) < 4.78 is 0. The fraction of sp³-hybridized carbons (Fsp3) is 0.286. The molecule has 0 aliphatic heterocycles. The highest BCUT2D eigenvalue weighted by Crippen LogP contribution is 2.26. The van der Waals surface area contributed by atoms with Gasteiger partial charge in [-0.25, -0.2) is 0 Å². The second kappa shape index (κ2) is 5.84. The van der Waals surface area contributed by atoms with Crippen molar-refractivity contribution in [1.82, 2.24) is 9.88 Å². The monoisotopic (exact) mass is 275 g/mol. The Morgan fingerprint density at radius 1 is 1.47 bits per heavy atom. The van der Waals surface area contributed by atoms with Crippen LogP contribution in [-0.4, -0.2) is 29.9 Å². The number of anilines is 1. The van der Waals surface area contributed by atoms with Crippen LogP contribution in [0.5, 0.6) is 0 Å². The van der Waals surface area contributed by atoms with E-state index in [9.17, 15) is 4.79 Å². The van der Waals surface area contributed by atoms with Crippen molar-refractivity contribution in [2.45, 2.75) is 13.0 Å².